The minimum absolute atomic E-state index is 0.720. The van der Waals surface area contributed by atoms with E-state index in [2.05, 4.69) is 21.2 Å². The molecule has 2 rings (SSSR count). The second-order valence-electron chi connectivity index (χ2n) is 4.57. The number of hydrogen-bond donors (Lipinski definition) is 1. The fraction of sp³-hybridized carbons (Fsp3) is 0.500. The smallest absolute Gasteiger partial charge is 0.207 e. The molecule has 5 nitrogen and oxygen atoms in total. The predicted molar refractivity (Wildman–Crippen MR) is 75.7 cm³/mol. The second kappa shape index (κ2) is 6.99. The molecular formula is C14H21N3O2. The number of nitrogens with one attached hydrogen (secondary N) is 1. The Bertz CT molecular complexity index is 403. The first-order chi connectivity index (χ1) is 9.35. The minimum Gasteiger partial charge on any atom is -0.495 e. The van der Waals surface area contributed by atoms with Crippen LogP contribution in [0.2, 0.25) is 0 Å². The van der Waals surface area contributed by atoms with Gasteiger partial charge in [-0.1, -0.05) is 12.1 Å². The molecule has 0 unspecified atom stereocenters. The van der Waals surface area contributed by atoms with Gasteiger partial charge in [-0.15, -0.1) is 0 Å². The van der Waals surface area contributed by atoms with Crippen LogP contribution in [-0.4, -0.2) is 57.7 Å². The Hall–Kier alpha value is -1.75. The van der Waals surface area contributed by atoms with Crippen LogP contribution in [-0.2, 0) is 4.79 Å². The molecule has 1 amide bonds. The lowest BCUT2D eigenvalue weighted by molar-refractivity contribution is -0.109. The van der Waals surface area contributed by atoms with Gasteiger partial charge in [-0.3, -0.25) is 9.69 Å². The summed E-state index contributed by atoms with van der Waals surface area (Å²) in [7, 11) is 1.71. The van der Waals surface area contributed by atoms with Crippen molar-refractivity contribution in [2.45, 2.75) is 0 Å². The van der Waals surface area contributed by atoms with Crippen LogP contribution in [0.5, 0.6) is 5.75 Å². The highest BCUT2D eigenvalue weighted by atomic mass is 16.5. The SMILES string of the molecule is COc1ccccc1N1CCN(CCNC=O)CC1. The highest BCUT2D eigenvalue weighted by molar-refractivity contribution is 5.58. The third kappa shape index (κ3) is 3.61. The van der Waals surface area contributed by atoms with Gasteiger partial charge < -0.3 is 15.0 Å². The van der Waals surface area contributed by atoms with Crippen molar-refractivity contribution < 1.29 is 9.53 Å². The van der Waals surface area contributed by atoms with Crippen molar-refractivity contribution in [3.05, 3.63) is 24.3 Å². The molecule has 0 atom stereocenters. The van der Waals surface area contributed by atoms with Crippen LogP contribution >= 0.6 is 0 Å². The number of benzene rings is 1. The van der Waals surface area contributed by atoms with Crippen molar-refractivity contribution in [2.75, 3.05) is 51.3 Å². The van der Waals surface area contributed by atoms with Crippen LogP contribution in [0.1, 0.15) is 0 Å². The fourth-order valence-corrected chi connectivity index (χ4v) is 2.38. The van der Waals surface area contributed by atoms with E-state index >= 15 is 0 Å². The molecule has 0 bridgehead atoms. The van der Waals surface area contributed by atoms with Crippen molar-refractivity contribution in [3.8, 4) is 5.75 Å². The van der Waals surface area contributed by atoms with Gasteiger partial charge in [0.1, 0.15) is 5.75 Å². The third-order valence-corrected chi connectivity index (χ3v) is 3.45. The van der Waals surface area contributed by atoms with E-state index in [0.29, 0.717) is 0 Å². The number of methoxy groups -OCH3 is 1. The monoisotopic (exact) mass is 263 g/mol. The summed E-state index contributed by atoms with van der Waals surface area (Å²) in [5, 5.41) is 2.70. The van der Waals surface area contributed by atoms with Crippen LogP contribution in [0, 0.1) is 0 Å². The van der Waals surface area contributed by atoms with Crippen LogP contribution in [0.3, 0.4) is 0 Å². The molecule has 1 aliphatic rings. The van der Waals surface area contributed by atoms with Crippen LogP contribution in [0.4, 0.5) is 5.69 Å². The summed E-state index contributed by atoms with van der Waals surface area (Å²) < 4.78 is 5.40. The average molecular weight is 263 g/mol. The number of hydrogen-bond acceptors (Lipinski definition) is 4. The van der Waals surface area contributed by atoms with Crippen molar-refractivity contribution in [1.82, 2.24) is 10.2 Å². The quantitative estimate of drug-likeness (QED) is 0.602. The molecule has 0 saturated carbocycles. The van der Waals surface area contributed by atoms with Gasteiger partial charge in [-0.05, 0) is 12.1 Å². The Labute approximate surface area is 114 Å². The molecule has 0 aliphatic carbocycles. The fourth-order valence-electron chi connectivity index (χ4n) is 2.38. The Morgan fingerprint density at radius 3 is 2.68 bits per heavy atom. The molecule has 1 aromatic rings. The van der Waals surface area contributed by atoms with E-state index in [0.717, 1.165) is 57.1 Å². The van der Waals surface area contributed by atoms with E-state index < -0.39 is 0 Å². The number of amides is 1. The molecule has 1 N–H and O–H groups in total. The molecule has 104 valence electrons. The first-order valence-electron chi connectivity index (χ1n) is 6.62. The number of carbonyl (C=O) groups is 1. The number of rotatable bonds is 6. The molecule has 0 aromatic heterocycles. The van der Waals surface area contributed by atoms with Crippen molar-refractivity contribution in [2.24, 2.45) is 0 Å². The zero-order valence-electron chi connectivity index (χ0n) is 11.3. The van der Waals surface area contributed by atoms with Gasteiger partial charge in [0.25, 0.3) is 0 Å². The summed E-state index contributed by atoms with van der Waals surface area (Å²) in [4.78, 5) is 14.9. The topological polar surface area (TPSA) is 44.8 Å². The number of carbonyl (C=O) groups excluding carboxylic acids is 1. The number of para-hydroxylation sites is 2. The normalized spacial score (nSPS) is 16.2. The van der Waals surface area contributed by atoms with Gasteiger partial charge in [-0.2, -0.15) is 0 Å². The van der Waals surface area contributed by atoms with Crippen LogP contribution < -0.4 is 15.0 Å². The standard InChI is InChI=1S/C14H21N3O2/c1-19-14-5-3-2-4-13(14)17-10-8-16(9-11-17)7-6-15-12-18/h2-5,12H,6-11H2,1H3,(H,15,18). The maximum Gasteiger partial charge on any atom is 0.207 e. The number of ether oxygens (including phenoxy) is 1. The number of anilines is 1. The first-order valence-corrected chi connectivity index (χ1v) is 6.62. The average Bonchev–Trinajstić information content (AvgIpc) is 2.48. The van der Waals surface area contributed by atoms with E-state index in [1.165, 1.54) is 0 Å². The molecule has 5 heteroatoms. The number of nitrogens with zero attached hydrogens (tertiary/aromatic N) is 2. The van der Waals surface area contributed by atoms with Crippen molar-refractivity contribution in [1.29, 1.82) is 0 Å². The Morgan fingerprint density at radius 2 is 2.00 bits per heavy atom. The van der Waals surface area contributed by atoms with Gasteiger partial charge in [0.2, 0.25) is 6.41 Å². The molecule has 1 fully saturated rings. The van der Waals surface area contributed by atoms with E-state index in [1.807, 2.05) is 18.2 Å². The van der Waals surface area contributed by atoms with Gasteiger partial charge >= 0.3 is 0 Å². The Morgan fingerprint density at radius 1 is 1.26 bits per heavy atom. The van der Waals surface area contributed by atoms with Gasteiger partial charge in [0, 0.05) is 39.3 Å². The number of piperazine rings is 1. The van der Waals surface area contributed by atoms with Gasteiger partial charge in [0.05, 0.1) is 12.8 Å². The zero-order chi connectivity index (χ0) is 13.5. The highest BCUT2D eigenvalue weighted by Crippen LogP contribution is 2.28. The third-order valence-electron chi connectivity index (χ3n) is 3.45. The molecule has 1 heterocycles. The van der Waals surface area contributed by atoms with E-state index in [9.17, 15) is 4.79 Å². The minimum atomic E-state index is 0.720. The summed E-state index contributed by atoms with van der Waals surface area (Å²) in [5.41, 5.74) is 1.16. The van der Waals surface area contributed by atoms with Crippen molar-refractivity contribution in [3.63, 3.8) is 0 Å². The lowest BCUT2D eigenvalue weighted by Crippen LogP contribution is -2.48. The van der Waals surface area contributed by atoms with Gasteiger partial charge in [0.15, 0.2) is 0 Å². The van der Waals surface area contributed by atoms with Crippen LogP contribution in [0.15, 0.2) is 24.3 Å². The van der Waals surface area contributed by atoms with Crippen molar-refractivity contribution >= 4 is 12.1 Å². The van der Waals surface area contributed by atoms with E-state index in [-0.39, 0.29) is 0 Å². The zero-order valence-corrected chi connectivity index (χ0v) is 11.3. The molecule has 19 heavy (non-hydrogen) atoms. The van der Waals surface area contributed by atoms with Gasteiger partial charge in [-0.25, -0.2) is 0 Å². The molecular weight excluding hydrogens is 242 g/mol. The maximum atomic E-state index is 10.2. The lowest BCUT2D eigenvalue weighted by atomic mass is 10.2. The Kier molecular flexibility index (Phi) is 5.03. The van der Waals surface area contributed by atoms with E-state index in [4.69, 9.17) is 4.74 Å². The molecule has 1 aromatic carbocycles. The first kappa shape index (κ1) is 13.7. The van der Waals surface area contributed by atoms with Crippen LogP contribution in [0.25, 0.3) is 0 Å². The lowest BCUT2D eigenvalue weighted by Gasteiger charge is -2.36. The summed E-state index contributed by atoms with van der Waals surface area (Å²) in [5.74, 6) is 0.929. The summed E-state index contributed by atoms with van der Waals surface area (Å²) >= 11 is 0. The largest absolute Gasteiger partial charge is 0.495 e. The second-order valence-corrected chi connectivity index (χ2v) is 4.57. The summed E-state index contributed by atoms with van der Waals surface area (Å²) in [6.45, 7) is 5.64. The van der Waals surface area contributed by atoms with E-state index in [1.54, 1.807) is 7.11 Å². The molecule has 0 radical (unpaired) electrons. The molecule has 0 spiro atoms. The maximum absolute atomic E-state index is 10.2. The highest BCUT2D eigenvalue weighted by Gasteiger charge is 2.18. The predicted octanol–water partition coefficient (Wildman–Crippen LogP) is 0.563. The Balaban J connectivity index is 1.87. The molecule has 1 saturated heterocycles. The summed E-state index contributed by atoms with van der Waals surface area (Å²) in [6, 6.07) is 8.13. The molecule has 1 aliphatic heterocycles. The summed E-state index contributed by atoms with van der Waals surface area (Å²) in [6.07, 6.45) is 0.755.